The van der Waals surface area contributed by atoms with Crippen LogP contribution in [0.3, 0.4) is 0 Å². The summed E-state index contributed by atoms with van der Waals surface area (Å²) in [6.07, 6.45) is 0. The molecule has 3 rings (SSSR count). The third-order valence-electron chi connectivity index (χ3n) is 4.62. The maximum absolute atomic E-state index is 12.9. The fraction of sp³-hybridized carbons (Fsp3) is 0.130. The number of carbonyl (C=O) groups is 2. The lowest BCUT2D eigenvalue weighted by molar-refractivity contribution is -0.677. The molecule has 0 bridgehead atoms. The summed E-state index contributed by atoms with van der Waals surface area (Å²) in [5.41, 5.74) is 3.10. The van der Waals surface area contributed by atoms with Gasteiger partial charge in [-0.3, -0.25) is 4.79 Å². The molecule has 3 aromatic rings. The van der Waals surface area contributed by atoms with Crippen molar-refractivity contribution in [1.29, 1.82) is 0 Å². The van der Waals surface area contributed by atoms with Gasteiger partial charge in [-0.1, -0.05) is 58.4 Å². The second kappa shape index (κ2) is 10.5. The van der Waals surface area contributed by atoms with Crippen LogP contribution in [0.1, 0.15) is 27.5 Å². The molecule has 0 aliphatic heterocycles. The number of rotatable bonds is 7. The number of hydrogen-bond donors (Lipinski definition) is 2. The Labute approximate surface area is 192 Å². The molecule has 0 heterocycles. The van der Waals surface area contributed by atoms with E-state index in [9.17, 15) is 9.59 Å². The summed E-state index contributed by atoms with van der Waals surface area (Å²) in [5.74, 6) is -0.532. The van der Waals surface area contributed by atoms with E-state index in [-0.39, 0.29) is 24.5 Å². The minimum atomic E-state index is -0.315. The number of nitrogens with one attached hydrogen (secondary N) is 1. The molecule has 0 radical (unpaired) electrons. The second-order valence-electron chi connectivity index (χ2n) is 6.57. The van der Waals surface area contributed by atoms with Crippen LogP contribution in [0.4, 0.5) is 5.69 Å². The maximum Gasteiger partial charge on any atom is 0.361 e. The predicted molar refractivity (Wildman–Crippen MR) is 123 cm³/mol. The summed E-state index contributed by atoms with van der Waals surface area (Å²) >= 11 is 6.96. The van der Waals surface area contributed by atoms with E-state index in [4.69, 9.17) is 4.74 Å². The molecule has 5 nitrogen and oxygen atoms in total. The van der Waals surface area contributed by atoms with Crippen molar-refractivity contribution < 1.29 is 19.6 Å². The summed E-state index contributed by atoms with van der Waals surface area (Å²) in [4.78, 5) is 24.7. The van der Waals surface area contributed by atoms with E-state index < -0.39 is 0 Å². The highest BCUT2D eigenvalue weighted by atomic mass is 79.9. The third-order valence-corrected chi connectivity index (χ3v) is 5.81. The first kappa shape index (κ1) is 22.2. The number of esters is 1. The number of benzene rings is 3. The van der Waals surface area contributed by atoms with Crippen LogP contribution in [0.5, 0.6) is 0 Å². The molecule has 0 aliphatic rings. The molecule has 30 heavy (non-hydrogen) atoms. The van der Waals surface area contributed by atoms with Gasteiger partial charge in [-0.25, -0.2) is 4.79 Å². The van der Waals surface area contributed by atoms with Crippen LogP contribution in [-0.4, -0.2) is 25.5 Å². The topological polar surface area (TPSA) is 72.0 Å². The highest BCUT2D eigenvalue weighted by Gasteiger charge is 2.24. The highest BCUT2D eigenvalue weighted by molar-refractivity contribution is 9.10. The van der Waals surface area contributed by atoms with Crippen molar-refractivity contribution in [3.05, 3.63) is 98.4 Å². The van der Waals surface area contributed by atoms with Crippen molar-refractivity contribution in [3.8, 4) is 0 Å². The smallest absolute Gasteiger partial charge is 0.361 e. The minimum Gasteiger partial charge on any atom is -0.465 e. The molecule has 0 aromatic heterocycles. The van der Waals surface area contributed by atoms with Gasteiger partial charge in [0.05, 0.1) is 18.4 Å². The average molecular weight is 533 g/mol. The molecule has 0 spiro atoms. The van der Waals surface area contributed by atoms with Crippen LogP contribution in [0.25, 0.3) is 0 Å². The maximum atomic E-state index is 12.9. The lowest BCUT2D eigenvalue weighted by Gasteiger charge is -2.20. The van der Waals surface area contributed by atoms with E-state index in [0.717, 1.165) is 20.1 Å². The Hall–Kier alpha value is -2.48. The Kier molecular flexibility index (Phi) is 7.79. The molecule has 3 aromatic carbocycles. The zero-order valence-corrected chi connectivity index (χ0v) is 19.4. The van der Waals surface area contributed by atoms with Gasteiger partial charge in [0.25, 0.3) is 5.91 Å². The molecule has 3 N–H and O–H groups in total. The molecule has 0 saturated carbocycles. The number of anilines is 1. The Morgan fingerprint density at radius 2 is 1.70 bits per heavy atom. The summed E-state index contributed by atoms with van der Waals surface area (Å²) < 4.78 is 6.41. The van der Waals surface area contributed by atoms with Gasteiger partial charge >= 0.3 is 5.97 Å². The number of carbonyl (C=O) groups excluding carboxylic acids is 2. The van der Waals surface area contributed by atoms with Gasteiger partial charge in [0.2, 0.25) is 0 Å². The monoisotopic (exact) mass is 531 g/mol. The summed E-state index contributed by atoms with van der Waals surface area (Å²) in [5, 5.41) is 4.92. The van der Waals surface area contributed by atoms with Crippen LogP contribution in [0, 0.1) is 0 Å². The molecule has 154 valence electrons. The quantitative estimate of drug-likeness (QED) is 0.446. The Bertz CT molecular complexity index is 1040. The normalized spacial score (nSPS) is 11.6. The van der Waals surface area contributed by atoms with Crippen molar-refractivity contribution in [2.45, 2.75) is 6.04 Å². The minimum absolute atomic E-state index is 0.153. The Morgan fingerprint density at radius 1 is 1.00 bits per heavy atom. The van der Waals surface area contributed by atoms with Crippen LogP contribution in [0.2, 0.25) is 0 Å². The SMILES string of the molecule is COC(=O)C[NH2+]C(c1ccccc1)c1cc(Br)ccc1NC(=O)c1ccccc1Br. The van der Waals surface area contributed by atoms with E-state index >= 15 is 0 Å². The molecule has 7 heteroatoms. The van der Waals surface area contributed by atoms with E-state index in [0.29, 0.717) is 11.3 Å². The molecule has 1 atom stereocenters. The van der Waals surface area contributed by atoms with Crippen LogP contribution < -0.4 is 10.6 Å². The largest absolute Gasteiger partial charge is 0.465 e. The lowest BCUT2D eigenvalue weighted by Crippen LogP contribution is -2.87. The van der Waals surface area contributed by atoms with Crippen LogP contribution in [0.15, 0.2) is 81.7 Å². The third kappa shape index (κ3) is 5.56. The number of nitrogens with two attached hydrogens (primary N) is 1. The van der Waals surface area contributed by atoms with Gasteiger partial charge < -0.3 is 15.4 Å². The molecule has 0 aliphatic carbocycles. The van der Waals surface area contributed by atoms with Gasteiger partial charge in [-0.05, 0) is 46.3 Å². The standard InChI is InChI=1S/C23H20Br2N2O3/c1-30-21(28)14-26-22(15-7-3-2-4-8-15)18-13-16(24)11-12-20(18)27-23(29)17-9-5-6-10-19(17)25/h2-13,22,26H,14H2,1H3,(H,27,29)/p+1. The summed E-state index contributed by atoms with van der Waals surface area (Å²) in [6.45, 7) is 0.153. The number of halogens is 2. The van der Waals surface area contributed by atoms with Gasteiger partial charge in [0.1, 0.15) is 6.04 Å². The van der Waals surface area contributed by atoms with Gasteiger partial charge in [0.15, 0.2) is 6.54 Å². The summed E-state index contributed by atoms with van der Waals surface area (Å²) in [7, 11) is 1.37. The molecule has 0 fully saturated rings. The van der Waals surface area contributed by atoms with Gasteiger partial charge in [0, 0.05) is 20.1 Å². The number of ether oxygens (including phenoxy) is 1. The molecular formula is C23H21Br2N2O3+. The van der Waals surface area contributed by atoms with Crippen LogP contribution >= 0.6 is 31.9 Å². The van der Waals surface area contributed by atoms with Crippen molar-refractivity contribution in [1.82, 2.24) is 0 Å². The van der Waals surface area contributed by atoms with E-state index in [1.165, 1.54) is 7.11 Å². The average Bonchev–Trinajstić information content (AvgIpc) is 2.76. The number of amides is 1. The predicted octanol–water partition coefficient (Wildman–Crippen LogP) is 4.29. The van der Waals surface area contributed by atoms with E-state index in [1.54, 1.807) is 6.07 Å². The van der Waals surface area contributed by atoms with Crippen LogP contribution in [-0.2, 0) is 9.53 Å². The number of methoxy groups -OCH3 is 1. The lowest BCUT2D eigenvalue weighted by atomic mass is 9.96. The fourth-order valence-corrected chi connectivity index (χ4v) is 3.98. The molecule has 1 unspecified atom stereocenters. The fourth-order valence-electron chi connectivity index (χ4n) is 3.14. The first-order valence-electron chi connectivity index (χ1n) is 9.30. The Balaban J connectivity index is 1.99. The second-order valence-corrected chi connectivity index (χ2v) is 8.34. The van der Waals surface area contributed by atoms with E-state index in [1.807, 2.05) is 72.0 Å². The first-order chi connectivity index (χ1) is 14.5. The Morgan fingerprint density at radius 3 is 2.40 bits per heavy atom. The molecule has 1 amide bonds. The van der Waals surface area contributed by atoms with Crippen molar-refractivity contribution in [2.75, 3.05) is 19.0 Å². The van der Waals surface area contributed by atoms with Crippen molar-refractivity contribution in [3.63, 3.8) is 0 Å². The van der Waals surface area contributed by atoms with Crippen molar-refractivity contribution in [2.24, 2.45) is 0 Å². The number of quaternary nitrogens is 1. The summed E-state index contributed by atoms with van der Waals surface area (Å²) in [6, 6.07) is 22.6. The molecule has 0 saturated heterocycles. The molecular weight excluding hydrogens is 512 g/mol. The van der Waals surface area contributed by atoms with Gasteiger partial charge in [-0.15, -0.1) is 0 Å². The van der Waals surface area contributed by atoms with Crippen molar-refractivity contribution >= 4 is 49.4 Å². The highest BCUT2D eigenvalue weighted by Crippen LogP contribution is 2.30. The first-order valence-corrected chi connectivity index (χ1v) is 10.9. The van der Waals surface area contributed by atoms with E-state index in [2.05, 4.69) is 37.2 Å². The van der Waals surface area contributed by atoms with Gasteiger partial charge in [-0.2, -0.15) is 0 Å². The zero-order chi connectivity index (χ0) is 21.5. The zero-order valence-electron chi connectivity index (χ0n) is 16.3. The number of hydrogen-bond acceptors (Lipinski definition) is 3.